The third-order valence-corrected chi connectivity index (χ3v) is 2.82. The minimum Gasteiger partial charge on any atom is -0.463 e. The molecule has 0 bridgehead atoms. The summed E-state index contributed by atoms with van der Waals surface area (Å²) in [4.78, 5) is 11.9. The van der Waals surface area contributed by atoms with E-state index in [9.17, 15) is 4.79 Å². The first-order chi connectivity index (χ1) is 9.06. The first-order valence-electron chi connectivity index (χ1n) is 6.67. The Bertz CT molecular complexity index is 467. The Hall–Kier alpha value is -1.83. The predicted octanol–water partition coefficient (Wildman–Crippen LogP) is 4.24. The monoisotopic (exact) mass is 258 g/mol. The van der Waals surface area contributed by atoms with E-state index >= 15 is 0 Å². The van der Waals surface area contributed by atoms with Crippen molar-refractivity contribution in [2.24, 2.45) is 5.92 Å². The molecule has 0 aromatic heterocycles. The van der Waals surface area contributed by atoms with Gasteiger partial charge in [-0.2, -0.15) is 0 Å². The summed E-state index contributed by atoms with van der Waals surface area (Å²) < 4.78 is 5.11. The zero-order valence-electron chi connectivity index (χ0n) is 12.1. The lowest BCUT2D eigenvalue weighted by molar-refractivity contribution is -0.139. The van der Waals surface area contributed by atoms with Gasteiger partial charge in [-0.25, -0.2) is 4.79 Å². The van der Waals surface area contributed by atoms with Gasteiger partial charge in [0.15, 0.2) is 0 Å². The van der Waals surface area contributed by atoms with Crippen LogP contribution in [0.1, 0.15) is 33.3 Å². The third kappa shape index (κ3) is 4.74. The van der Waals surface area contributed by atoms with Crippen molar-refractivity contribution in [2.45, 2.75) is 27.7 Å². The average molecular weight is 258 g/mol. The second-order valence-corrected chi connectivity index (χ2v) is 4.72. The summed E-state index contributed by atoms with van der Waals surface area (Å²) in [5.74, 6) is -0.0628. The lowest BCUT2D eigenvalue weighted by Crippen LogP contribution is -2.13. The molecule has 0 atom stereocenters. The zero-order valence-corrected chi connectivity index (χ0v) is 12.1. The summed E-state index contributed by atoms with van der Waals surface area (Å²) in [5.41, 5.74) is 2.82. The highest BCUT2D eigenvalue weighted by Gasteiger charge is 2.16. The molecule has 0 saturated carbocycles. The number of esters is 1. The van der Waals surface area contributed by atoms with Gasteiger partial charge in [0.05, 0.1) is 6.61 Å². The van der Waals surface area contributed by atoms with Crippen LogP contribution in [0.3, 0.4) is 0 Å². The lowest BCUT2D eigenvalue weighted by Gasteiger charge is -2.12. The van der Waals surface area contributed by atoms with Gasteiger partial charge in [-0.3, -0.25) is 0 Å². The number of rotatable bonds is 5. The molecule has 1 rings (SSSR count). The molecule has 0 aliphatic heterocycles. The second kappa shape index (κ2) is 7.57. The predicted molar refractivity (Wildman–Crippen MR) is 79.6 cm³/mol. The molecule has 2 heteroatoms. The van der Waals surface area contributed by atoms with Crippen LogP contribution in [-0.2, 0) is 9.53 Å². The van der Waals surface area contributed by atoms with Crippen LogP contribution >= 0.6 is 0 Å². The molecule has 0 aliphatic rings. The van der Waals surface area contributed by atoms with Gasteiger partial charge in [-0.15, -0.1) is 0 Å². The van der Waals surface area contributed by atoms with Gasteiger partial charge in [0.25, 0.3) is 0 Å². The Balaban J connectivity index is 2.97. The van der Waals surface area contributed by atoms with Crippen LogP contribution in [0.2, 0.25) is 0 Å². The highest BCUT2D eigenvalue weighted by Crippen LogP contribution is 2.18. The molecule has 0 saturated heterocycles. The molecule has 0 N–H and O–H groups in total. The van der Waals surface area contributed by atoms with E-state index in [1.165, 1.54) is 0 Å². The van der Waals surface area contributed by atoms with Gasteiger partial charge in [0.1, 0.15) is 0 Å². The van der Waals surface area contributed by atoms with E-state index in [0.29, 0.717) is 6.61 Å². The minimum absolute atomic E-state index is 0.152. The molecule has 19 heavy (non-hydrogen) atoms. The average Bonchev–Trinajstić information content (AvgIpc) is 2.37. The van der Waals surface area contributed by atoms with Gasteiger partial charge < -0.3 is 4.74 Å². The Morgan fingerprint density at radius 3 is 2.42 bits per heavy atom. The number of carbonyl (C=O) groups is 1. The van der Waals surface area contributed by atoms with Crippen LogP contribution in [0, 0.1) is 5.92 Å². The summed E-state index contributed by atoms with van der Waals surface area (Å²) in [5, 5.41) is 0. The minimum atomic E-state index is -0.215. The highest BCUT2D eigenvalue weighted by atomic mass is 16.5. The Labute approximate surface area is 115 Å². The molecule has 0 spiro atoms. The quantitative estimate of drug-likeness (QED) is 0.448. The number of ether oxygens (including phenoxy) is 1. The van der Waals surface area contributed by atoms with E-state index in [-0.39, 0.29) is 11.9 Å². The normalized spacial score (nSPS) is 12.7. The molecular weight excluding hydrogens is 236 g/mol. The molecule has 1 aromatic carbocycles. The first kappa shape index (κ1) is 15.2. The van der Waals surface area contributed by atoms with Gasteiger partial charge in [0, 0.05) is 5.57 Å². The van der Waals surface area contributed by atoms with E-state index in [4.69, 9.17) is 4.74 Å². The molecule has 0 fully saturated rings. The van der Waals surface area contributed by atoms with Crippen LogP contribution < -0.4 is 0 Å². The van der Waals surface area contributed by atoms with Crippen LogP contribution in [-0.4, -0.2) is 12.6 Å². The summed E-state index contributed by atoms with van der Waals surface area (Å²) >= 11 is 0. The van der Waals surface area contributed by atoms with Crippen molar-refractivity contribution in [2.75, 3.05) is 6.61 Å². The topological polar surface area (TPSA) is 26.3 Å². The highest BCUT2D eigenvalue weighted by molar-refractivity contribution is 5.90. The first-order valence-corrected chi connectivity index (χ1v) is 6.67. The maximum absolute atomic E-state index is 11.9. The van der Waals surface area contributed by atoms with Gasteiger partial charge in [-0.1, -0.05) is 56.3 Å². The van der Waals surface area contributed by atoms with Gasteiger partial charge in [0.2, 0.25) is 0 Å². The van der Waals surface area contributed by atoms with Gasteiger partial charge >= 0.3 is 5.97 Å². The maximum Gasteiger partial charge on any atom is 0.334 e. The largest absolute Gasteiger partial charge is 0.463 e. The van der Waals surface area contributed by atoms with E-state index < -0.39 is 0 Å². The Morgan fingerprint density at radius 1 is 1.26 bits per heavy atom. The zero-order chi connectivity index (χ0) is 14.3. The molecule has 0 unspecified atom stereocenters. The smallest absolute Gasteiger partial charge is 0.334 e. The van der Waals surface area contributed by atoms with Crippen molar-refractivity contribution in [1.82, 2.24) is 0 Å². The lowest BCUT2D eigenvalue weighted by atomic mass is 9.97. The van der Waals surface area contributed by atoms with Crippen molar-refractivity contribution in [3.63, 3.8) is 0 Å². The van der Waals surface area contributed by atoms with Crippen molar-refractivity contribution >= 4 is 12.0 Å². The standard InChI is InChI=1S/C17H22O2/c1-5-19-17(18)16(13(2)3)14(4)11-12-15-9-7-6-8-10-15/h6-13H,5H2,1-4H3/b12-11+,16-14-. The molecule has 0 heterocycles. The van der Waals surface area contributed by atoms with Crippen molar-refractivity contribution in [1.29, 1.82) is 0 Å². The summed E-state index contributed by atoms with van der Waals surface area (Å²) in [7, 11) is 0. The van der Waals surface area contributed by atoms with E-state index in [1.807, 2.05) is 70.2 Å². The summed E-state index contributed by atoms with van der Waals surface area (Å²) in [6.07, 6.45) is 3.98. The third-order valence-electron chi connectivity index (χ3n) is 2.82. The van der Waals surface area contributed by atoms with Crippen LogP contribution in [0.25, 0.3) is 6.08 Å². The van der Waals surface area contributed by atoms with Crippen molar-refractivity contribution in [3.8, 4) is 0 Å². The second-order valence-electron chi connectivity index (χ2n) is 4.72. The molecule has 102 valence electrons. The number of allylic oxidation sites excluding steroid dienone is 2. The fraction of sp³-hybridized carbons (Fsp3) is 0.353. The van der Waals surface area contributed by atoms with E-state index in [0.717, 1.165) is 16.7 Å². The molecule has 2 nitrogen and oxygen atoms in total. The van der Waals surface area contributed by atoms with Crippen LogP contribution in [0.15, 0.2) is 47.6 Å². The van der Waals surface area contributed by atoms with Crippen LogP contribution in [0.5, 0.6) is 0 Å². The van der Waals surface area contributed by atoms with Crippen LogP contribution in [0.4, 0.5) is 0 Å². The fourth-order valence-electron chi connectivity index (χ4n) is 1.94. The molecule has 1 aromatic rings. The molecule has 0 radical (unpaired) electrons. The van der Waals surface area contributed by atoms with Crippen molar-refractivity contribution in [3.05, 3.63) is 53.1 Å². The fourth-order valence-corrected chi connectivity index (χ4v) is 1.94. The molecule has 0 aliphatic carbocycles. The van der Waals surface area contributed by atoms with E-state index in [2.05, 4.69) is 0 Å². The Kier molecular flexibility index (Phi) is 6.07. The number of benzene rings is 1. The molecule has 0 amide bonds. The molecular formula is C17H22O2. The number of hydrogen-bond acceptors (Lipinski definition) is 2. The Morgan fingerprint density at radius 2 is 1.89 bits per heavy atom. The van der Waals surface area contributed by atoms with Crippen molar-refractivity contribution < 1.29 is 9.53 Å². The number of carbonyl (C=O) groups excluding carboxylic acids is 1. The van der Waals surface area contributed by atoms with E-state index in [1.54, 1.807) is 0 Å². The summed E-state index contributed by atoms with van der Waals surface area (Å²) in [6, 6.07) is 10.0. The van der Waals surface area contributed by atoms with Gasteiger partial charge in [-0.05, 0) is 30.9 Å². The summed E-state index contributed by atoms with van der Waals surface area (Å²) in [6.45, 7) is 8.19. The maximum atomic E-state index is 11.9. The SMILES string of the molecule is CCOC(=O)/C(=C(C)\C=C\c1ccccc1)C(C)C. The number of hydrogen-bond donors (Lipinski definition) is 0.